The molecule has 2 aromatic heterocycles. The van der Waals surface area contributed by atoms with Gasteiger partial charge in [0, 0.05) is 20.0 Å². The van der Waals surface area contributed by atoms with Gasteiger partial charge in [0.25, 0.3) is 5.56 Å². The van der Waals surface area contributed by atoms with Crippen LogP contribution in [-0.2, 0) is 20.6 Å². The summed E-state index contributed by atoms with van der Waals surface area (Å²) in [5.41, 5.74) is 1.30. The molecule has 0 aliphatic heterocycles. The summed E-state index contributed by atoms with van der Waals surface area (Å²) >= 11 is 0. The lowest BCUT2D eigenvalue weighted by Gasteiger charge is -2.05. The molecule has 1 fully saturated rings. The van der Waals surface area contributed by atoms with Crippen molar-refractivity contribution in [3.63, 3.8) is 0 Å². The molecule has 1 aromatic carbocycles. The summed E-state index contributed by atoms with van der Waals surface area (Å²) in [6.45, 7) is -0.0436. The standard InChI is InChI=1S/C19H18N4O2/c1-4-10-23-18(24)15-17(22(3)19(23)25)20-16(21(15)2)14-11-13(14)12-8-6-5-7-9-12/h1,5-9,13-14H,10-11H2,2-3H3/t13-,14+/m1/s1. The molecule has 3 aromatic rings. The van der Waals surface area contributed by atoms with Crippen molar-refractivity contribution in [3.05, 3.63) is 62.6 Å². The molecular weight excluding hydrogens is 316 g/mol. The fourth-order valence-electron chi connectivity index (χ4n) is 3.57. The van der Waals surface area contributed by atoms with Gasteiger partial charge in [-0.2, -0.15) is 0 Å². The summed E-state index contributed by atoms with van der Waals surface area (Å²) in [5, 5.41) is 0. The molecule has 6 heteroatoms. The predicted octanol–water partition coefficient (Wildman–Crippen LogP) is 1.34. The molecule has 0 spiro atoms. The van der Waals surface area contributed by atoms with E-state index >= 15 is 0 Å². The highest BCUT2D eigenvalue weighted by Crippen LogP contribution is 2.54. The number of fused-ring (bicyclic) bond motifs is 1. The first-order chi connectivity index (χ1) is 12.0. The van der Waals surface area contributed by atoms with Gasteiger partial charge in [-0.15, -0.1) is 6.42 Å². The summed E-state index contributed by atoms with van der Waals surface area (Å²) in [4.78, 5) is 29.7. The molecule has 0 amide bonds. The summed E-state index contributed by atoms with van der Waals surface area (Å²) in [6, 6.07) is 10.3. The third-order valence-corrected chi connectivity index (χ3v) is 4.99. The molecule has 2 atom stereocenters. The molecule has 6 nitrogen and oxygen atoms in total. The molecule has 0 radical (unpaired) electrons. The van der Waals surface area contributed by atoms with E-state index in [9.17, 15) is 9.59 Å². The highest BCUT2D eigenvalue weighted by atomic mass is 16.2. The van der Waals surface area contributed by atoms with Gasteiger partial charge in [0.1, 0.15) is 5.82 Å². The Morgan fingerprint density at radius 1 is 1.16 bits per heavy atom. The highest BCUT2D eigenvalue weighted by Gasteiger charge is 2.43. The monoisotopic (exact) mass is 334 g/mol. The lowest BCUT2D eigenvalue weighted by atomic mass is 10.1. The first-order valence-electron chi connectivity index (χ1n) is 8.19. The van der Waals surface area contributed by atoms with Crippen LogP contribution in [0, 0.1) is 12.3 Å². The van der Waals surface area contributed by atoms with Crippen LogP contribution in [0.25, 0.3) is 11.2 Å². The summed E-state index contributed by atoms with van der Waals surface area (Å²) < 4.78 is 4.30. The molecule has 0 bridgehead atoms. The number of imidazole rings is 1. The molecule has 1 saturated carbocycles. The number of benzene rings is 1. The zero-order valence-corrected chi connectivity index (χ0v) is 14.1. The molecule has 1 aliphatic carbocycles. The molecule has 0 unspecified atom stereocenters. The lowest BCUT2D eigenvalue weighted by Crippen LogP contribution is -2.39. The minimum absolute atomic E-state index is 0.0436. The predicted molar refractivity (Wildman–Crippen MR) is 95.6 cm³/mol. The number of rotatable bonds is 3. The maximum absolute atomic E-state index is 12.7. The average Bonchev–Trinajstić information content (AvgIpc) is 3.34. The molecule has 126 valence electrons. The van der Waals surface area contributed by atoms with Gasteiger partial charge in [0.2, 0.25) is 0 Å². The Hall–Kier alpha value is -3.07. The van der Waals surface area contributed by atoms with E-state index in [0.717, 1.165) is 16.8 Å². The second-order valence-corrected chi connectivity index (χ2v) is 6.50. The fourth-order valence-corrected chi connectivity index (χ4v) is 3.57. The van der Waals surface area contributed by atoms with Crippen LogP contribution in [0.4, 0.5) is 0 Å². The van der Waals surface area contributed by atoms with Gasteiger partial charge in [-0.3, -0.25) is 9.36 Å². The van der Waals surface area contributed by atoms with E-state index in [-0.39, 0.29) is 18.0 Å². The van der Waals surface area contributed by atoms with Gasteiger partial charge < -0.3 is 4.57 Å². The summed E-state index contributed by atoms with van der Waals surface area (Å²) in [7, 11) is 3.45. The van der Waals surface area contributed by atoms with Gasteiger partial charge in [-0.25, -0.2) is 14.3 Å². The zero-order chi connectivity index (χ0) is 17.7. The highest BCUT2D eigenvalue weighted by molar-refractivity contribution is 5.71. The second-order valence-electron chi connectivity index (χ2n) is 6.50. The Balaban J connectivity index is 1.86. The molecule has 0 N–H and O–H groups in total. The molecule has 1 aliphatic rings. The normalized spacial score (nSPS) is 19.1. The van der Waals surface area contributed by atoms with Crippen molar-refractivity contribution < 1.29 is 0 Å². The molecule has 2 heterocycles. The molecular formula is C19H18N4O2. The van der Waals surface area contributed by atoms with Crippen molar-refractivity contribution in [1.82, 2.24) is 18.7 Å². The minimum Gasteiger partial charge on any atom is -0.325 e. The fraction of sp³-hybridized carbons (Fsp3) is 0.316. The van der Waals surface area contributed by atoms with Crippen molar-refractivity contribution in [3.8, 4) is 12.3 Å². The van der Waals surface area contributed by atoms with Crippen molar-refractivity contribution in [2.45, 2.75) is 24.8 Å². The third kappa shape index (κ3) is 2.23. The van der Waals surface area contributed by atoms with E-state index < -0.39 is 5.69 Å². The smallest absolute Gasteiger partial charge is 0.325 e. The molecule has 0 saturated heterocycles. The van der Waals surface area contributed by atoms with E-state index in [2.05, 4.69) is 23.0 Å². The van der Waals surface area contributed by atoms with Crippen LogP contribution in [-0.4, -0.2) is 18.7 Å². The average molecular weight is 334 g/mol. The van der Waals surface area contributed by atoms with Crippen LogP contribution in [0.5, 0.6) is 0 Å². The van der Waals surface area contributed by atoms with Crippen molar-refractivity contribution in [2.24, 2.45) is 14.1 Å². The number of aryl methyl sites for hydroxylation is 2. The van der Waals surface area contributed by atoms with Crippen LogP contribution < -0.4 is 11.2 Å². The minimum atomic E-state index is -0.435. The quantitative estimate of drug-likeness (QED) is 0.679. The number of nitrogens with zero attached hydrogens (tertiary/aromatic N) is 4. The Labute approximate surface area is 144 Å². The van der Waals surface area contributed by atoms with Gasteiger partial charge in [0.05, 0.1) is 6.54 Å². The van der Waals surface area contributed by atoms with Crippen LogP contribution in [0.1, 0.15) is 29.6 Å². The maximum atomic E-state index is 12.7. The van der Waals surface area contributed by atoms with E-state index in [0.29, 0.717) is 17.1 Å². The molecule has 25 heavy (non-hydrogen) atoms. The van der Waals surface area contributed by atoms with Crippen molar-refractivity contribution in [1.29, 1.82) is 0 Å². The number of aromatic nitrogens is 4. The first kappa shape index (κ1) is 15.5. The lowest BCUT2D eigenvalue weighted by molar-refractivity contribution is 0.674. The summed E-state index contributed by atoms with van der Waals surface area (Å²) in [6.07, 6.45) is 6.29. The Morgan fingerprint density at radius 2 is 1.88 bits per heavy atom. The summed E-state index contributed by atoms with van der Waals surface area (Å²) in [5.74, 6) is 3.87. The zero-order valence-electron chi connectivity index (χ0n) is 14.1. The third-order valence-electron chi connectivity index (χ3n) is 4.99. The maximum Gasteiger partial charge on any atom is 0.333 e. The van der Waals surface area contributed by atoms with Gasteiger partial charge in [-0.05, 0) is 17.9 Å². The molecule has 4 rings (SSSR count). The van der Waals surface area contributed by atoms with Crippen LogP contribution in [0.15, 0.2) is 39.9 Å². The Morgan fingerprint density at radius 3 is 2.56 bits per heavy atom. The number of hydrogen-bond donors (Lipinski definition) is 0. The van der Waals surface area contributed by atoms with Crippen molar-refractivity contribution in [2.75, 3.05) is 0 Å². The van der Waals surface area contributed by atoms with E-state index in [1.54, 1.807) is 7.05 Å². The largest absolute Gasteiger partial charge is 0.333 e. The second kappa shape index (κ2) is 5.49. The first-order valence-corrected chi connectivity index (χ1v) is 8.19. The van der Waals surface area contributed by atoms with Crippen molar-refractivity contribution >= 4 is 11.2 Å². The van der Waals surface area contributed by atoms with Crippen LogP contribution in [0.2, 0.25) is 0 Å². The van der Waals surface area contributed by atoms with Crippen LogP contribution >= 0.6 is 0 Å². The van der Waals surface area contributed by atoms with Crippen LogP contribution in [0.3, 0.4) is 0 Å². The Bertz CT molecular complexity index is 1130. The van der Waals surface area contributed by atoms with E-state index in [1.807, 2.05) is 29.8 Å². The number of hydrogen-bond acceptors (Lipinski definition) is 3. The topological polar surface area (TPSA) is 61.8 Å². The van der Waals surface area contributed by atoms with Gasteiger partial charge >= 0.3 is 5.69 Å². The SMILES string of the molecule is C#CCn1c(=O)c2c(nc([C@H]3C[C@@H]3c3ccccc3)n2C)n(C)c1=O. The number of terminal acetylenes is 1. The van der Waals surface area contributed by atoms with Gasteiger partial charge in [0.15, 0.2) is 11.2 Å². The van der Waals surface area contributed by atoms with Gasteiger partial charge in [-0.1, -0.05) is 36.3 Å². The van der Waals surface area contributed by atoms with E-state index in [1.165, 1.54) is 10.1 Å². The Kier molecular flexibility index (Phi) is 3.39. The van der Waals surface area contributed by atoms with E-state index in [4.69, 9.17) is 6.42 Å².